The molecule has 4 amide bonds. The van der Waals surface area contributed by atoms with Crippen LogP contribution in [0.5, 0.6) is 0 Å². The van der Waals surface area contributed by atoms with E-state index in [2.05, 4.69) is 33.6 Å². The minimum absolute atomic E-state index is 0.00297. The van der Waals surface area contributed by atoms with E-state index in [1.54, 1.807) is 6.20 Å². The normalized spacial score (nSPS) is 14.4. The van der Waals surface area contributed by atoms with Crippen molar-refractivity contribution in [3.63, 3.8) is 0 Å². The van der Waals surface area contributed by atoms with Gasteiger partial charge in [-0.05, 0) is 24.0 Å². The lowest BCUT2D eigenvalue weighted by Gasteiger charge is -2.25. The van der Waals surface area contributed by atoms with E-state index in [1.807, 2.05) is 38.1 Å². The van der Waals surface area contributed by atoms with Gasteiger partial charge in [-0.3, -0.25) is 19.2 Å². The summed E-state index contributed by atoms with van der Waals surface area (Å²) in [6.45, 7) is 3.64. The number of para-hydroxylation sites is 1. The van der Waals surface area contributed by atoms with Gasteiger partial charge in [0.1, 0.15) is 18.1 Å². The number of primary amides is 1. The first-order chi connectivity index (χ1) is 17.4. The quantitative estimate of drug-likeness (QED) is 0.148. The van der Waals surface area contributed by atoms with E-state index in [0.717, 1.165) is 10.9 Å². The maximum absolute atomic E-state index is 13.3. The van der Waals surface area contributed by atoms with Crippen molar-refractivity contribution in [2.24, 2.45) is 17.4 Å². The van der Waals surface area contributed by atoms with E-state index in [-0.39, 0.29) is 24.5 Å². The molecule has 0 spiro atoms. The number of carbonyl (C=O) groups excluding carboxylic acids is 4. The number of hydrogen-bond acceptors (Lipinski definition) is 7. The molecule has 0 aliphatic heterocycles. The molecule has 0 bridgehead atoms. The zero-order valence-corrected chi connectivity index (χ0v) is 21.6. The number of nitrogens with two attached hydrogens (primary N) is 2. The van der Waals surface area contributed by atoms with Crippen LogP contribution >= 0.6 is 12.6 Å². The van der Waals surface area contributed by atoms with Crippen LogP contribution in [-0.4, -0.2) is 69.6 Å². The molecular weight excluding hydrogens is 500 g/mol. The standard InChI is InChI=1S/C24H34N6O6S/c1-12(2)7-19(24(35)36)30-22(33)17(8-13-10-27-16-6-4-3-5-14(13)16)29-23(34)18(9-20(26)31)28-21(32)15(25)11-37/h3-6,10,12,15,17-19,27,37H,7-9,11,25H2,1-2H3,(H2,26,31)(H,28,32)(H,29,34)(H,30,33)(H,35,36). The van der Waals surface area contributed by atoms with Gasteiger partial charge in [-0.2, -0.15) is 12.6 Å². The number of fused-ring (bicyclic) bond motifs is 1. The highest BCUT2D eigenvalue weighted by atomic mass is 32.1. The summed E-state index contributed by atoms with van der Waals surface area (Å²) in [5.74, 6) is -4.41. The summed E-state index contributed by atoms with van der Waals surface area (Å²) in [7, 11) is 0. The van der Waals surface area contributed by atoms with Crippen LogP contribution in [0.2, 0.25) is 0 Å². The molecule has 1 aromatic carbocycles. The molecular formula is C24H34N6O6S. The van der Waals surface area contributed by atoms with Crippen molar-refractivity contribution in [2.45, 2.75) is 57.3 Å². The lowest BCUT2D eigenvalue weighted by Crippen LogP contribution is -2.58. The summed E-state index contributed by atoms with van der Waals surface area (Å²) in [5, 5.41) is 17.8. The number of carbonyl (C=O) groups is 5. The minimum atomic E-state index is -1.40. The molecule has 13 heteroatoms. The van der Waals surface area contributed by atoms with Crippen molar-refractivity contribution in [2.75, 3.05) is 5.75 Å². The summed E-state index contributed by atoms with van der Waals surface area (Å²) in [6.07, 6.45) is 1.33. The average molecular weight is 535 g/mol. The number of nitrogens with one attached hydrogen (secondary N) is 4. The number of thiol groups is 1. The van der Waals surface area contributed by atoms with E-state index < -0.39 is 60.2 Å². The number of amides is 4. The Hall–Kier alpha value is -3.58. The maximum atomic E-state index is 13.3. The molecule has 37 heavy (non-hydrogen) atoms. The Balaban J connectivity index is 2.34. The molecule has 0 fully saturated rings. The maximum Gasteiger partial charge on any atom is 0.326 e. The number of hydrogen-bond donors (Lipinski definition) is 8. The van der Waals surface area contributed by atoms with E-state index >= 15 is 0 Å². The molecule has 4 atom stereocenters. The van der Waals surface area contributed by atoms with Crippen LogP contribution in [0.1, 0.15) is 32.3 Å². The molecule has 0 aliphatic carbocycles. The number of aromatic nitrogens is 1. The van der Waals surface area contributed by atoms with Gasteiger partial charge in [-0.1, -0.05) is 32.0 Å². The third-order valence-electron chi connectivity index (χ3n) is 5.63. The lowest BCUT2D eigenvalue weighted by molar-refractivity contribution is -0.143. The van der Waals surface area contributed by atoms with Gasteiger partial charge in [-0.25, -0.2) is 4.79 Å². The number of rotatable bonds is 14. The first-order valence-corrected chi connectivity index (χ1v) is 12.4. The van der Waals surface area contributed by atoms with Crippen LogP contribution < -0.4 is 27.4 Å². The van der Waals surface area contributed by atoms with Gasteiger partial charge in [0.25, 0.3) is 0 Å². The molecule has 0 aliphatic rings. The Morgan fingerprint density at radius 2 is 1.57 bits per heavy atom. The van der Waals surface area contributed by atoms with Gasteiger partial charge in [0.15, 0.2) is 0 Å². The monoisotopic (exact) mass is 534 g/mol. The highest BCUT2D eigenvalue weighted by Crippen LogP contribution is 2.19. The predicted octanol–water partition coefficient (Wildman–Crippen LogP) is -0.572. The fraction of sp³-hybridized carbons (Fsp3) is 0.458. The van der Waals surface area contributed by atoms with Crippen molar-refractivity contribution >= 4 is 53.1 Å². The van der Waals surface area contributed by atoms with Crippen LogP contribution in [0.25, 0.3) is 10.9 Å². The highest BCUT2D eigenvalue weighted by molar-refractivity contribution is 7.80. The topological polar surface area (TPSA) is 210 Å². The summed E-state index contributed by atoms with van der Waals surface area (Å²) in [4.78, 5) is 65.0. The summed E-state index contributed by atoms with van der Waals surface area (Å²) in [5.41, 5.74) is 12.4. The van der Waals surface area contributed by atoms with Crippen LogP contribution in [-0.2, 0) is 30.4 Å². The zero-order chi connectivity index (χ0) is 27.7. The van der Waals surface area contributed by atoms with Gasteiger partial charge < -0.3 is 37.5 Å². The molecule has 2 rings (SSSR count). The largest absolute Gasteiger partial charge is 0.480 e. The Labute approximate surface area is 219 Å². The minimum Gasteiger partial charge on any atom is -0.480 e. The van der Waals surface area contributed by atoms with Gasteiger partial charge in [-0.15, -0.1) is 0 Å². The van der Waals surface area contributed by atoms with Gasteiger partial charge in [0, 0.05) is 29.3 Å². The highest BCUT2D eigenvalue weighted by Gasteiger charge is 2.31. The second-order valence-corrected chi connectivity index (χ2v) is 9.54. The van der Waals surface area contributed by atoms with E-state index in [4.69, 9.17) is 11.5 Å². The molecule has 9 N–H and O–H groups in total. The first-order valence-electron chi connectivity index (χ1n) is 11.8. The summed E-state index contributed by atoms with van der Waals surface area (Å²) in [6, 6.07) is 2.49. The van der Waals surface area contributed by atoms with Crippen molar-refractivity contribution < 1.29 is 29.1 Å². The molecule has 2 aromatic rings. The molecule has 12 nitrogen and oxygen atoms in total. The molecule has 202 valence electrons. The van der Waals surface area contributed by atoms with E-state index in [0.29, 0.717) is 5.56 Å². The number of aromatic amines is 1. The molecule has 1 heterocycles. The Kier molecular flexibility index (Phi) is 10.9. The average Bonchev–Trinajstić information content (AvgIpc) is 3.24. The SMILES string of the molecule is CC(C)CC(NC(=O)C(Cc1c[nH]c2ccccc12)NC(=O)C(CC(N)=O)NC(=O)C(N)CS)C(=O)O. The molecule has 0 saturated heterocycles. The molecule has 0 radical (unpaired) electrons. The fourth-order valence-corrected chi connectivity index (χ4v) is 3.91. The third kappa shape index (κ3) is 8.79. The van der Waals surface area contributed by atoms with Crippen molar-refractivity contribution in [1.82, 2.24) is 20.9 Å². The smallest absolute Gasteiger partial charge is 0.326 e. The molecule has 0 saturated carbocycles. The van der Waals surface area contributed by atoms with Gasteiger partial charge >= 0.3 is 5.97 Å². The van der Waals surface area contributed by atoms with Gasteiger partial charge in [0.05, 0.1) is 12.5 Å². The van der Waals surface area contributed by atoms with Crippen LogP contribution in [0.15, 0.2) is 30.5 Å². The number of aliphatic carboxylic acids is 1. The predicted molar refractivity (Wildman–Crippen MR) is 141 cm³/mol. The van der Waals surface area contributed by atoms with E-state index in [9.17, 15) is 29.1 Å². The van der Waals surface area contributed by atoms with Gasteiger partial charge in [0.2, 0.25) is 23.6 Å². The first kappa shape index (κ1) is 29.6. The number of benzene rings is 1. The molecule has 1 aromatic heterocycles. The van der Waals surface area contributed by atoms with E-state index in [1.165, 1.54) is 0 Å². The second-order valence-electron chi connectivity index (χ2n) is 9.17. The second kappa shape index (κ2) is 13.7. The third-order valence-corrected chi connectivity index (χ3v) is 6.02. The number of carboxylic acid groups (broad SMARTS) is 1. The van der Waals surface area contributed by atoms with Crippen LogP contribution in [0, 0.1) is 5.92 Å². The van der Waals surface area contributed by atoms with Crippen molar-refractivity contribution in [3.05, 3.63) is 36.0 Å². The Morgan fingerprint density at radius 3 is 2.16 bits per heavy atom. The molecule has 4 unspecified atom stereocenters. The van der Waals surface area contributed by atoms with Crippen LogP contribution in [0.3, 0.4) is 0 Å². The zero-order valence-electron chi connectivity index (χ0n) is 20.7. The Morgan fingerprint density at radius 1 is 0.973 bits per heavy atom. The lowest BCUT2D eigenvalue weighted by atomic mass is 10.0. The van der Waals surface area contributed by atoms with Crippen molar-refractivity contribution in [3.8, 4) is 0 Å². The number of carboxylic acids is 1. The fourth-order valence-electron chi connectivity index (χ4n) is 3.74. The van der Waals surface area contributed by atoms with Crippen molar-refractivity contribution in [1.29, 1.82) is 0 Å². The Bertz CT molecular complexity index is 1140. The number of H-pyrrole nitrogens is 1. The van der Waals surface area contributed by atoms with Crippen LogP contribution in [0.4, 0.5) is 0 Å². The summed E-state index contributed by atoms with van der Waals surface area (Å²) < 4.78 is 0. The summed E-state index contributed by atoms with van der Waals surface area (Å²) >= 11 is 3.95.